The van der Waals surface area contributed by atoms with Gasteiger partial charge in [0.05, 0.1) is 0 Å². The number of hydrogen-bond donors (Lipinski definition) is 0. The summed E-state index contributed by atoms with van der Waals surface area (Å²) < 4.78 is 25.6. The van der Waals surface area contributed by atoms with E-state index in [2.05, 4.69) is 4.98 Å². The van der Waals surface area contributed by atoms with Crippen LogP contribution in [-0.2, 0) is 0 Å². The molecule has 16 heavy (non-hydrogen) atoms. The number of carbonyl (C=O) groups is 1. The molecule has 0 aliphatic rings. The number of carbonyl (C=O) groups excluding carboxylic acids is 1. The first kappa shape index (κ1) is 10.4. The van der Waals surface area contributed by atoms with Crippen LogP contribution >= 0.6 is 0 Å². The Morgan fingerprint density at radius 3 is 2.56 bits per heavy atom. The maximum Gasteiger partial charge on any atom is 0.212 e. The Labute approximate surface area is 90.6 Å². The number of halogens is 2. The molecule has 2 rings (SSSR count). The normalized spacial score (nSPS) is 10.1. The van der Waals surface area contributed by atoms with Crippen LogP contribution in [0, 0.1) is 11.8 Å². The van der Waals surface area contributed by atoms with Gasteiger partial charge in [0.2, 0.25) is 5.95 Å². The molecular formula is C12H7F2NO. The molecule has 0 aliphatic heterocycles. The van der Waals surface area contributed by atoms with Crippen molar-refractivity contribution in [3.63, 3.8) is 0 Å². The predicted octanol–water partition coefficient (Wildman–Crippen LogP) is 2.84. The van der Waals surface area contributed by atoms with Gasteiger partial charge in [0.15, 0.2) is 6.29 Å². The van der Waals surface area contributed by atoms with Gasteiger partial charge in [-0.3, -0.25) is 4.79 Å². The molecule has 0 bridgehead atoms. The first-order valence-corrected chi connectivity index (χ1v) is 4.57. The molecule has 0 unspecified atom stereocenters. The van der Waals surface area contributed by atoms with Gasteiger partial charge in [-0.2, -0.15) is 4.39 Å². The van der Waals surface area contributed by atoms with Crippen LogP contribution in [0.25, 0.3) is 11.1 Å². The van der Waals surface area contributed by atoms with Crippen molar-refractivity contribution in [3.8, 4) is 11.1 Å². The smallest absolute Gasteiger partial charge is 0.212 e. The fraction of sp³-hybridized carbons (Fsp3) is 0. The van der Waals surface area contributed by atoms with Crippen molar-refractivity contribution in [2.45, 2.75) is 0 Å². The highest BCUT2D eigenvalue weighted by Gasteiger charge is 2.06. The Balaban J connectivity index is 2.57. The molecule has 2 aromatic rings. The third-order valence-corrected chi connectivity index (χ3v) is 2.18. The van der Waals surface area contributed by atoms with Gasteiger partial charge in [-0.05, 0) is 35.9 Å². The molecule has 0 radical (unpaired) electrons. The van der Waals surface area contributed by atoms with Crippen molar-refractivity contribution in [3.05, 3.63) is 53.9 Å². The van der Waals surface area contributed by atoms with Crippen LogP contribution in [0.2, 0.25) is 0 Å². The van der Waals surface area contributed by atoms with Gasteiger partial charge in [-0.25, -0.2) is 9.37 Å². The molecule has 0 saturated heterocycles. The maximum atomic E-state index is 13.0. The molecule has 0 N–H and O–H groups in total. The molecule has 0 amide bonds. The number of hydrogen-bond acceptors (Lipinski definition) is 2. The highest BCUT2D eigenvalue weighted by Crippen LogP contribution is 2.23. The highest BCUT2D eigenvalue weighted by molar-refractivity contribution is 5.87. The second-order valence-electron chi connectivity index (χ2n) is 3.22. The lowest BCUT2D eigenvalue weighted by Crippen LogP contribution is -1.90. The van der Waals surface area contributed by atoms with Gasteiger partial charge in [-0.1, -0.05) is 0 Å². The Bertz CT molecular complexity index is 523. The molecule has 4 heteroatoms. The SMILES string of the molecule is O=Cc1ccc(F)cc1-c1ccc(F)nc1. The fourth-order valence-corrected chi connectivity index (χ4v) is 1.42. The monoisotopic (exact) mass is 219 g/mol. The molecule has 1 aromatic carbocycles. The van der Waals surface area contributed by atoms with Gasteiger partial charge in [-0.15, -0.1) is 0 Å². The summed E-state index contributed by atoms with van der Waals surface area (Å²) in [5.74, 6) is -1.07. The number of aromatic nitrogens is 1. The number of benzene rings is 1. The predicted molar refractivity (Wildman–Crippen MR) is 55.0 cm³/mol. The second kappa shape index (κ2) is 4.18. The Morgan fingerprint density at radius 1 is 1.12 bits per heavy atom. The van der Waals surface area contributed by atoms with Crippen LogP contribution in [0.5, 0.6) is 0 Å². The molecule has 0 spiro atoms. The first-order chi connectivity index (χ1) is 7.70. The van der Waals surface area contributed by atoms with E-state index in [1.54, 1.807) is 0 Å². The zero-order valence-corrected chi connectivity index (χ0v) is 8.15. The van der Waals surface area contributed by atoms with E-state index in [1.165, 1.54) is 30.5 Å². The van der Waals surface area contributed by atoms with Crippen LogP contribution in [0.15, 0.2) is 36.5 Å². The maximum absolute atomic E-state index is 13.0. The molecule has 0 atom stereocenters. The van der Waals surface area contributed by atoms with Crippen molar-refractivity contribution >= 4 is 6.29 Å². The molecule has 0 saturated carbocycles. The van der Waals surface area contributed by atoms with Gasteiger partial charge >= 0.3 is 0 Å². The summed E-state index contributed by atoms with van der Waals surface area (Å²) in [7, 11) is 0. The Morgan fingerprint density at radius 2 is 1.94 bits per heavy atom. The van der Waals surface area contributed by atoms with Crippen LogP contribution in [-0.4, -0.2) is 11.3 Å². The minimum atomic E-state index is -0.618. The average molecular weight is 219 g/mol. The van der Waals surface area contributed by atoms with Crippen LogP contribution in [0.3, 0.4) is 0 Å². The zero-order valence-electron chi connectivity index (χ0n) is 8.15. The lowest BCUT2D eigenvalue weighted by Gasteiger charge is -2.04. The van der Waals surface area contributed by atoms with Crippen molar-refractivity contribution in [1.82, 2.24) is 4.98 Å². The molecule has 0 aliphatic carbocycles. The molecule has 1 heterocycles. The zero-order chi connectivity index (χ0) is 11.5. The van der Waals surface area contributed by atoms with E-state index < -0.39 is 11.8 Å². The van der Waals surface area contributed by atoms with E-state index in [1.807, 2.05) is 0 Å². The van der Waals surface area contributed by atoms with E-state index in [9.17, 15) is 13.6 Å². The average Bonchev–Trinajstić information content (AvgIpc) is 2.30. The lowest BCUT2D eigenvalue weighted by atomic mass is 10.0. The molecule has 1 aromatic heterocycles. The van der Waals surface area contributed by atoms with Gasteiger partial charge in [0.1, 0.15) is 5.82 Å². The summed E-state index contributed by atoms with van der Waals surface area (Å²) in [4.78, 5) is 14.2. The number of pyridine rings is 1. The van der Waals surface area contributed by atoms with Crippen LogP contribution in [0.1, 0.15) is 10.4 Å². The van der Waals surface area contributed by atoms with E-state index in [4.69, 9.17) is 0 Å². The third-order valence-electron chi connectivity index (χ3n) is 2.18. The molecule has 0 fully saturated rings. The van der Waals surface area contributed by atoms with E-state index in [-0.39, 0.29) is 0 Å². The quantitative estimate of drug-likeness (QED) is 0.574. The minimum Gasteiger partial charge on any atom is -0.298 e. The third kappa shape index (κ3) is 1.95. The van der Waals surface area contributed by atoms with Crippen LogP contribution in [0.4, 0.5) is 8.78 Å². The summed E-state index contributed by atoms with van der Waals surface area (Å²) in [6, 6.07) is 6.41. The van der Waals surface area contributed by atoms with Gasteiger partial charge < -0.3 is 0 Å². The second-order valence-corrected chi connectivity index (χ2v) is 3.22. The van der Waals surface area contributed by atoms with Crippen molar-refractivity contribution in [2.24, 2.45) is 0 Å². The van der Waals surface area contributed by atoms with Gasteiger partial charge in [0.25, 0.3) is 0 Å². The number of rotatable bonds is 2. The first-order valence-electron chi connectivity index (χ1n) is 4.57. The van der Waals surface area contributed by atoms with E-state index in [0.717, 1.165) is 6.07 Å². The molecule has 2 nitrogen and oxygen atoms in total. The summed E-state index contributed by atoms with van der Waals surface area (Å²) in [5, 5.41) is 0. The summed E-state index contributed by atoms with van der Waals surface area (Å²) in [6.45, 7) is 0. The van der Waals surface area contributed by atoms with Crippen LogP contribution < -0.4 is 0 Å². The topological polar surface area (TPSA) is 30.0 Å². The van der Waals surface area contributed by atoms with Crippen molar-refractivity contribution in [2.75, 3.05) is 0 Å². The highest BCUT2D eigenvalue weighted by atomic mass is 19.1. The molecular weight excluding hydrogens is 212 g/mol. The molecule has 80 valence electrons. The number of aldehydes is 1. The fourth-order valence-electron chi connectivity index (χ4n) is 1.42. The summed E-state index contributed by atoms with van der Waals surface area (Å²) in [6.07, 6.45) is 1.88. The number of nitrogens with zero attached hydrogens (tertiary/aromatic N) is 1. The Hall–Kier alpha value is -2.10. The van der Waals surface area contributed by atoms with Crippen molar-refractivity contribution < 1.29 is 13.6 Å². The largest absolute Gasteiger partial charge is 0.298 e. The van der Waals surface area contributed by atoms with E-state index in [0.29, 0.717) is 23.0 Å². The minimum absolute atomic E-state index is 0.342. The van der Waals surface area contributed by atoms with E-state index >= 15 is 0 Å². The van der Waals surface area contributed by atoms with Gasteiger partial charge in [0, 0.05) is 17.3 Å². The summed E-state index contributed by atoms with van der Waals surface area (Å²) >= 11 is 0. The summed E-state index contributed by atoms with van der Waals surface area (Å²) in [5.41, 5.74) is 1.25. The standard InChI is InChI=1S/C12H7F2NO/c13-10-3-1-9(7-16)11(5-10)8-2-4-12(14)15-6-8/h1-7H. The van der Waals surface area contributed by atoms with Crippen molar-refractivity contribution in [1.29, 1.82) is 0 Å². The lowest BCUT2D eigenvalue weighted by molar-refractivity contribution is 0.112. The Kier molecular flexibility index (Phi) is 2.72.